The summed E-state index contributed by atoms with van der Waals surface area (Å²) in [7, 11) is 1.48. The van der Waals surface area contributed by atoms with Crippen LogP contribution in [0.3, 0.4) is 0 Å². The Bertz CT molecular complexity index is 2120. The van der Waals surface area contributed by atoms with Gasteiger partial charge in [-0.3, -0.25) is 30.0 Å². The molecule has 1 aliphatic carbocycles. The molecule has 1 saturated carbocycles. The monoisotopic (exact) mass is 798 g/mol. The number of nitrogens with zero attached hydrogens (tertiary/aromatic N) is 4. The molecule has 0 atom stereocenters. The molecule has 16 heteroatoms. The molecule has 0 spiro atoms. The highest BCUT2D eigenvalue weighted by molar-refractivity contribution is 6.02. The number of hydrogen-bond acceptors (Lipinski definition) is 10. The van der Waals surface area contributed by atoms with Crippen molar-refractivity contribution in [3.8, 4) is 0 Å². The van der Waals surface area contributed by atoms with Crippen molar-refractivity contribution in [3.63, 3.8) is 0 Å². The summed E-state index contributed by atoms with van der Waals surface area (Å²) in [6.45, 7) is 6.23. The maximum Gasteiger partial charge on any atom is 0.289 e. The number of fused-ring (bicyclic) bond motifs is 2. The first kappa shape index (κ1) is 41.9. The van der Waals surface area contributed by atoms with Gasteiger partial charge in [-0.2, -0.15) is 0 Å². The molecule has 0 bridgehead atoms. The highest BCUT2D eigenvalue weighted by atomic mass is 16.5. The van der Waals surface area contributed by atoms with E-state index >= 15 is 0 Å². The second-order valence-electron chi connectivity index (χ2n) is 15.2. The molecule has 2 aromatic heterocycles. The number of nitrogens with two attached hydrogens (primary N) is 2. The molecule has 4 heterocycles. The molecule has 4 amide bonds. The largest absolute Gasteiger partial charge is 0.451 e. The molecule has 16 nitrogen and oxygen atoms in total. The number of hydrogen-bond donors (Lipinski definition) is 4. The molecule has 310 valence electrons. The Morgan fingerprint density at radius 1 is 0.638 bits per heavy atom. The Labute approximate surface area is 337 Å². The Kier molecular flexibility index (Phi) is 13.8. The number of carbonyl (C=O) groups excluding carboxylic acids is 4. The van der Waals surface area contributed by atoms with Crippen LogP contribution in [-0.2, 0) is 19.1 Å². The number of methoxy groups -OCH3 is 1. The van der Waals surface area contributed by atoms with Gasteiger partial charge in [-0.1, -0.05) is 32.6 Å². The number of amidine groups is 2. The Hall–Kier alpha value is -5.74. The molecule has 0 radical (unpaired) electrons. The van der Waals surface area contributed by atoms with E-state index in [0.717, 1.165) is 29.5 Å². The lowest BCUT2D eigenvalue weighted by Gasteiger charge is -2.34. The summed E-state index contributed by atoms with van der Waals surface area (Å²) < 4.78 is 22.2. The summed E-state index contributed by atoms with van der Waals surface area (Å²) in [5.41, 5.74) is 13.4. The second kappa shape index (κ2) is 19.1. The summed E-state index contributed by atoms with van der Waals surface area (Å²) in [6.07, 6.45) is 7.06. The summed E-state index contributed by atoms with van der Waals surface area (Å²) in [5.74, 6) is 0.756. The van der Waals surface area contributed by atoms with Gasteiger partial charge in [0.1, 0.15) is 36.1 Å². The number of nitrogen functional groups attached to an aromatic ring is 2. The third kappa shape index (κ3) is 10.4. The average Bonchev–Trinajstić information content (AvgIpc) is 3.85. The van der Waals surface area contributed by atoms with Gasteiger partial charge in [-0.15, -0.1) is 0 Å². The van der Waals surface area contributed by atoms with Crippen LogP contribution in [0.2, 0.25) is 0 Å². The molecule has 6 N–H and O–H groups in total. The fraction of sp³-hybridized carbons (Fsp3) is 0.476. The van der Waals surface area contributed by atoms with Crippen LogP contribution >= 0.6 is 0 Å². The van der Waals surface area contributed by atoms with Crippen LogP contribution in [0, 0.1) is 16.7 Å². The number of ether oxygens (including phenoxy) is 2. The van der Waals surface area contributed by atoms with Gasteiger partial charge >= 0.3 is 0 Å². The van der Waals surface area contributed by atoms with E-state index in [1.807, 2.05) is 0 Å². The van der Waals surface area contributed by atoms with Crippen LogP contribution in [-0.4, -0.2) is 134 Å². The van der Waals surface area contributed by atoms with Gasteiger partial charge in [0, 0.05) is 81.4 Å². The quantitative estimate of drug-likeness (QED) is 0.141. The van der Waals surface area contributed by atoms with Crippen LogP contribution < -0.4 is 11.5 Å². The Balaban J connectivity index is 0.000000203. The van der Waals surface area contributed by atoms with Gasteiger partial charge in [-0.25, -0.2) is 0 Å². The highest BCUT2D eigenvalue weighted by Gasteiger charge is 2.29. The van der Waals surface area contributed by atoms with E-state index in [1.165, 1.54) is 32.8 Å². The number of furan rings is 2. The van der Waals surface area contributed by atoms with E-state index in [2.05, 4.69) is 6.92 Å². The Morgan fingerprint density at radius 3 is 1.47 bits per heavy atom. The fourth-order valence-corrected chi connectivity index (χ4v) is 7.60. The molecule has 0 unspecified atom stereocenters. The number of nitrogens with one attached hydrogen (secondary N) is 2. The van der Waals surface area contributed by atoms with E-state index < -0.39 is 0 Å². The zero-order valence-corrected chi connectivity index (χ0v) is 33.3. The number of rotatable bonds is 9. The van der Waals surface area contributed by atoms with Crippen LogP contribution in [0.15, 0.2) is 57.4 Å². The van der Waals surface area contributed by atoms with Crippen molar-refractivity contribution in [3.05, 3.63) is 71.2 Å². The first-order chi connectivity index (χ1) is 27.9. The predicted molar refractivity (Wildman–Crippen MR) is 218 cm³/mol. The predicted octanol–water partition coefficient (Wildman–Crippen LogP) is 4.02. The lowest BCUT2D eigenvalue weighted by Crippen LogP contribution is -2.51. The number of benzene rings is 2. The number of carbonyl (C=O) groups is 4. The molecular formula is C42H54N8O8. The fourth-order valence-electron chi connectivity index (χ4n) is 7.60. The van der Waals surface area contributed by atoms with Crippen molar-refractivity contribution in [1.29, 1.82) is 10.8 Å². The zero-order valence-electron chi connectivity index (χ0n) is 33.3. The first-order valence-electron chi connectivity index (χ1n) is 19.9. The number of amides is 4. The SMILES string of the molecule is CC1CCCC(OCC(=O)N2CCN(C(=O)c3cc4cc(C(=N)N)ccc4o3)CC2)CCC1.COCC(=O)N1CCN(C(=O)c2cc3cc(C(=N)N)ccc3o2)CC1. The van der Waals surface area contributed by atoms with Crippen molar-refractivity contribution in [2.75, 3.05) is 72.7 Å². The van der Waals surface area contributed by atoms with E-state index in [-0.39, 0.29) is 66.1 Å². The smallest absolute Gasteiger partial charge is 0.289 e. The van der Waals surface area contributed by atoms with Crippen LogP contribution in [0.25, 0.3) is 21.9 Å². The minimum absolute atomic E-state index is 0.00183. The van der Waals surface area contributed by atoms with Crippen LogP contribution in [0.4, 0.5) is 0 Å². The molecular weight excluding hydrogens is 745 g/mol. The van der Waals surface area contributed by atoms with E-state index in [1.54, 1.807) is 68.1 Å². The average molecular weight is 799 g/mol. The van der Waals surface area contributed by atoms with E-state index in [0.29, 0.717) is 74.7 Å². The Morgan fingerprint density at radius 2 is 1.05 bits per heavy atom. The van der Waals surface area contributed by atoms with Crippen molar-refractivity contribution in [2.24, 2.45) is 17.4 Å². The molecule has 4 aromatic rings. The maximum absolute atomic E-state index is 12.9. The second-order valence-corrected chi connectivity index (χ2v) is 15.2. The van der Waals surface area contributed by atoms with Crippen molar-refractivity contribution >= 4 is 57.2 Å². The van der Waals surface area contributed by atoms with Crippen molar-refractivity contribution in [2.45, 2.75) is 51.6 Å². The minimum Gasteiger partial charge on any atom is -0.451 e. The van der Waals surface area contributed by atoms with Crippen LogP contribution in [0.1, 0.15) is 77.7 Å². The van der Waals surface area contributed by atoms with Gasteiger partial charge < -0.3 is 49.4 Å². The zero-order chi connectivity index (χ0) is 41.3. The van der Waals surface area contributed by atoms with Crippen molar-refractivity contribution in [1.82, 2.24) is 19.6 Å². The van der Waals surface area contributed by atoms with E-state index in [4.69, 9.17) is 40.6 Å². The summed E-state index contributed by atoms with van der Waals surface area (Å²) in [4.78, 5) is 56.8. The van der Waals surface area contributed by atoms with Gasteiger partial charge in [0.2, 0.25) is 11.8 Å². The lowest BCUT2D eigenvalue weighted by molar-refractivity contribution is -0.140. The van der Waals surface area contributed by atoms with Gasteiger partial charge in [-0.05, 0) is 67.3 Å². The third-order valence-electron chi connectivity index (χ3n) is 11.1. The maximum atomic E-state index is 12.9. The molecule has 58 heavy (non-hydrogen) atoms. The third-order valence-corrected chi connectivity index (χ3v) is 11.1. The normalized spacial score (nSPS) is 18.9. The molecule has 2 saturated heterocycles. The minimum atomic E-state index is -0.209. The van der Waals surface area contributed by atoms with Gasteiger partial charge in [0.25, 0.3) is 11.8 Å². The molecule has 2 aromatic carbocycles. The van der Waals surface area contributed by atoms with E-state index in [9.17, 15) is 19.2 Å². The molecule has 2 aliphatic heterocycles. The molecule has 3 fully saturated rings. The summed E-state index contributed by atoms with van der Waals surface area (Å²) in [6, 6.07) is 13.6. The standard InChI is InChI=1S/C25H34N4O4.C17H20N4O4/c1-17-4-2-6-20(7-3-5-17)32-16-23(30)28-10-12-29(13-11-28)25(31)22-15-19-14-18(24(26)27)8-9-21(19)33-22;1-24-10-15(22)20-4-6-21(7-5-20)17(23)14-9-12-8-11(16(18)19)2-3-13(12)25-14/h8-9,14-15,17,20H,2-7,10-13,16H2,1H3,(H3,26,27);2-3,8-9H,4-7,10H2,1H3,(H3,18,19). The first-order valence-corrected chi connectivity index (χ1v) is 19.9. The topological polar surface area (TPSA) is 226 Å². The van der Waals surface area contributed by atoms with Crippen molar-refractivity contribution < 1.29 is 37.5 Å². The molecule has 3 aliphatic rings. The van der Waals surface area contributed by atoms with Crippen LogP contribution in [0.5, 0.6) is 0 Å². The van der Waals surface area contributed by atoms with Gasteiger partial charge in [0.05, 0.1) is 6.10 Å². The molecule has 7 rings (SSSR count). The lowest BCUT2D eigenvalue weighted by atomic mass is 9.91. The summed E-state index contributed by atoms with van der Waals surface area (Å²) >= 11 is 0. The summed E-state index contributed by atoms with van der Waals surface area (Å²) in [5, 5.41) is 16.5. The highest BCUT2D eigenvalue weighted by Crippen LogP contribution is 2.25. The van der Waals surface area contributed by atoms with Gasteiger partial charge in [0.15, 0.2) is 11.5 Å². The number of piperazine rings is 2.